The van der Waals surface area contributed by atoms with Gasteiger partial charge in [-0.1, -0.05) is 12.1 Å². The van der Waals surface area contributed by atoms with Crippen molar-refractivity contribution in [1.82, 2.24) is 4.98 Å². The fraction of sp³-hybridized carbons (Fsp3) is 0. The standard InChI is InChI=1S/C9H5BrFNO/c10-9-12-8(5-13-9)6-2-1-3-7(11)4-6/h1-5H. The maximum Gasteiger partial charge on any atom is 0.264 e. The molecule has 1 heterocycles. The lowest BCUT2D eigenvalue weighted by Gasteiger charge is -1.93. The zero-order valence-corrected chi connectivity index (χ0v) is 8.08. The molecule has 0 amide bonds. The van der Waals surface area contributed by atoms with Crippen LogP contribution in [0.3, 0.4) is 0 Å². The molecule has 0 unspecified atom stereocenters. The summed E-state index contributed by atoms with van der Waals surface area (Å²) in [5, 5.41) is 0. The van der Waals surface area contributed by atoms with Crippen LogP contribution in [0, 0.1) is 5.82 Å². The van der Waals surface area contributed by atoms with Gasteiger partial charge < -0.3 is 4.42 Å². The van der Waals surface area contributed by atoms with Crippen LogP contribution >= 0.6 is 15.9 Å². The highest BCUT2D eigenvalue weighted by Gasteiger charge is 2.03. The van der Waals surface area contributed by atoms with Crippen LogP contribution in [0.2, 0.25) is 0 Å². The van der Waals surface area contributed by atoms with Gasteiger partial charge in [-0.2, -0.15) is 0 Å². The summed E-state index contributed by atoms with van der Waals surface area (Å²) in [4.78, 5) is 4.40. The molecule has 2 aromatic rings. The molecule has 2 nitrogen and oxygen atoms in total. The van der Waals surface area contributed by atoms with Gasteiger partial charge in [0.25, 0.3) is 4.80 Å². The van der Waals surface area contributed by atoms with Gasteiger partial charge in [-0.05, 0) is 12.1 Å². The van der Waals surface area contributed by atoms with Gasteiger partial charge in [-0.15, -0.1) is 0 Å². The lowest BCUT2D eigenvalue weighted by Crippen LogP contribution is -1.78. The van der Waals surface area contributed by atoms with Crippen molar-refractivity contribution in [3.8, 4) is 11.3 Å². The van der Waals surface area contributed by atoms with E-state index in [0.29, 0.717) is 16.1 Å². The molecular formula is C9H5BrFNO. The van der Waals surface area contributed by atoms with E-state index in [9.17, 15) is 4.39 Å². The molecule has 0 spiro atoms. The number of halogens is 2. The fourth-order valence-corrected chi connectivity index (χ4v) is 1.32. The molecule has 0 bridgehead atoms. The van der Waals surface area contributed by atoms with Crippen LogP contribution in [0.5, 0.6) is 0 Å². The second-order valence-corrected chi connectivity index (χ2v) is 3.17. The summed E-state index contributed by atoms with van der Waals surface area (Å²) in [5.41, 5.74) is 1.32. The van der Waals surface area contributed by atoms with Gasteiger partial charge in [0.15, 0.2) is 0 Å². The van der Waals surface area contributed by atoms with E-state index in [1.807, 2.05) is 0 Å². The van der Waals surface area contributed by atoms with E-state index in [4.69, 9.17) is 4.42 Å². The molecule has 13 heavy (non-hydrogen) atoms. The third-order valence-electron chi connectivity index (χ3n) is 1.60. The fourth-order valence-electron chi connectivity index (χ4n) is 1.03. The molecular weight excluding hydrogens is 237 g/mol. The third kappa shape index (κ3) is 1.78. The van der Waals surface area contributed by atoms with Crippen molar-refractivity contribution >= 4 is 15.9 Å². The molecule has 1 aromatic heterocycles. The highest BCUT2D eigenvalue weighted by Crippen LogP contribution is 2.21. The summed E-state index contributed by atoms with van der Waals surface area (Å²) in [6.07, 6.45) is 1.47. The maximum absolute atomic E-state index is 12.8. The summed E-state index contributed by atoms with van der Waals surface area (Å²) in [7, 11) is 0. The monoisotopic (exact) mass is 241 g/mol. The minimum Gasteiger partial charge on any atom is -0.439 e. The first-order valence-corrected chi connectivity index (χ1v) is 4.42. The Morgan fingerprint density at radius 2 is 2.23 bits per heavy atom. The molecule has 2 rings (SSSR count). The van der Waals surface area contributed by atoms with E-state index in [1.54, 1.807) is 12.1 Å². The Labute approximate surface area is 82.5 Å². The van der Waals surface area contributed by atoms with E-state index in [-0.39, 0.29) is 5.82 Å². The Bertz CT molecular complexity index is 427. The average molecular weight is 242 g/mol. The molecule has 0 aliphatic rings. The Kier molecular flexibility index (Phi) is 2.14. The highest BCUT2D eigenvalue weighted by atomic mass is 79.9. The number of hydrogen-bond acceptors (Lipinski definition) is 2. The molecule has 1 aromatic carbocycles. The topological polar surface area (TPSA) is 26.0 Å². The number of nitrogens with zero attached hydrogens (tertiary/aromatic N) is 1. The van der Waals surface area contributed by atoms with Crippen LogP contribution in [0.15, 0.2) is 39.7 Å². The summed E-state index contributed by atoms with van der Waals surface area (Å²) < 4.78 is 17.7. The van der Waals surface area contributed by atoms with Crippen LogP contribution in [0.1, 0.15) is 0 Å². The van der Waals surface area contributed by atoms with E-state index in [0.717, 1.165) is 0 Å². The predicted molar refractivity (Wildman–Crippen MR) is 49.6 cm³/mol. The van der Waals surface area contributed by atoms with Crippen molar-refractivity contribution in [3.05, 3.63) is 41.1 Å². The normalized spacial score (nSPS) is 10.3. The number of oxazole rings is 1. The SMILES string of the molecule is Fc1cccc(-c2coc(Br)n2)c1. The Morgan fingerprint density at radius 1 is 1.38 bits per heavy atom. The second kappa shape index (κ2) is 3.30. The first-order valence-electron chi connectivity index (χ1n) is 3.63. The zero-order chi connectivity index (χ0) is 9.26. The Hall–Kier alpha value is -1.16. The maximum atomic E-state index is 12.8. The van der Waals surface area contributed by atoms with Gasteiger partial charge >= 0.3 is 0 Å². The van der Waals surface area contributed by atoms with Crippen LogP contribution in [-0.4, -0.2) is 4.98 Å². The average Bonchev–Trinajstić information content (AvgIpc) is 2.52. The number of aromatic nitrogens is 1. The first-order chi connectivity index (χ1) is 6.25. The van der Waals surface area contributed by atoms with Gasteiger partial charge in [0.1, 0.15) is 17.8 Å². The molecule has 0 atom stereocenters. The van der Waals surface area contributed by atoms with Crippen LogP contribution in [-0.2, 0) is 0 Å². The molecule has 0 saturated carbocycles. The first kappa shape index (κ1) is 8.44. The van der Waals surface area contributed by atoms with Crippen molar-refractivity contribution in [3.63, 3.8) is 0 Å². The summed E-state index contributed by atoms with van der Waals surface area (Å²) >= 11 is 3.08. The quantitative estimate of drug-likeness (QED) is 0.767. The van der Waals surface area contributed by atoms with Gasteiger partial charge in [0.2, 0.25) is 0 Å². The summed E-state index contributed by atoms with van der Waals surface area (Å²) in [5.74, 6) is -0.281. The van der Waals surface area contributed by atoms with E-state index < -0.39 is 0 Å². The van der Waals surface area contributed by atoms with Gasteiger partial charge in [-0.3, -0.25) is 0 Å². The lowest BCUT2D eigenvalue weighted by molar-refractivity contribution is 0.529. The smallest absolute Gasteiger partial charge is 0.264 e. The van der Waals surface area contributed by atoms with Crippen LogP contribution in [0.4, 0.5) is 4.39 Å². The largest absolute Gasteiger partial charge is 0.439 e. The third-order valence-corrected chi connectivity index (χ3v) is 1.96. The molecule has 66 valence electrons. The second-order valence-electron chi connectivity index (χ2n) is 2.50. The van der Waals surface area contributed by atoms with Gasteiger partial charge in [-0.25, -0.2) is 9.37 Å². The minimum atomic E-state index is -0.281. The molecule has 4 heteroatoms. The van der Waals surface area contributed by atoms with Crippen molar-refractivity contribution in [1.29, 1.82) is 0 Å². The van der Waals surface area contributed by atoms with Crippen LogP contribution in [0.25, 0.3) is 11.3 Å². The number of hydrogen-bond donors (Lipinski definition) is 0. The summed E-state index contributed by atoms with van der Waals surface area (Å²) in [6.45, 7) is 0. The van der Waals surface area contributed by atoms with Crippen molar-refractivity contribution in [2.45, 2.75) is 0 Å². The minimum absolute atomic E-state index is 0.281. The predicted octanol–water partition coefficient (Wildman–Crippen LogP) is 3.24. The van der Waals surface area contributed by atoms with Crippen LogP contribution < -0.4 is 0 Å². The molecule has 0 saturated heterocycles. The summed E-state index contributed by atoms with van der Waals surface area (Å²) in [6, 6.07) is 6.20. The molecule has 0 aliphatic carbocycles. The van der Waals surface area contributed by atoms with Gasteiger partial charge in [0.05, 0.1) is 0 Å². The van der Waals surface area contributed by atoms with Crippen molar-refractivity contribution < 1.29 is 8.81 Å². The van der Waals surface area contributed by atoms with Crippen molar-refractivity contribution in [2.75, 3.05) is 0 Å². The highest BCUT2D eigenvalue weighted by molar-refractivity contribution is 9.10. The number of benzene rings is 1. The lowest BCUT2D eigenvalue weighted by atomic mass is 10.2. The molecule has 0 aliphatic heterocycles. The molecule has 0 radical (unpaired) electrons. The number of rotatable bonds is 1. The van der Waals surface area contributed by atoms with E-state index in [1.165, 1.54) is 18.4 Å². The van der Waals surface area contributed by atoms with E-state index in [2.05, 4.69) is 20.9 Å². The van der Waals surface area contributed by atoms with Crippen molar-refractivity contribution in [2.24, 2.45) is 0 Å². The van der Waals surface area contributed by atoms with E-state index >= 15 is 0 Å². The van der Waals surface area contributed by atoms with Gasteiger partial charge in [0, 0.05) is 21.5 Å². The molecule has 0 N–H and O–H groups in total. The Morgan fingerprint density at radius 3 is 2.85 bits per heavy atom. The Balaban J connectivity index is 2.46. The molecule has 0 fully saturated rings. The zero-order valence-electron chi connectivity index (χ0n) is 6.50.